The van der Waals surface area contributed by atoms with Crippen molar-refractivity contribution < 1.29 is 22.0 Å². The summed E-state index contributed by atoms with van der Waals surface area (Å²) in [7, 11) is 0. The van der Waals surface area contributed by atoms with E-state index in [1.165, 1.54) is 0 Å². The van der Waals surface area contributed by atoms with Crippen LogP contribution in [-0.4, -0.2) is 9.97 Å². The number of rotatable bonds is 4. The molecule has 3 aromatic rings. The van der Waals surface area contributed by atoms with Crippen molar-refractivity contribution in [3.05, 3.63) is 64.4 Å². The number of anilines is 1. The number of halogens is 6. The van der Waals surface area contributed by atoms with Gasteiger partial charge in [0.2, 0.25) is 0 Å². The Balaban J connectivity index is 0.00000136. The number of alkyl halides is 3. The first kappa shape index (κ1) is 22.2. The van der Waals surface area contributed by atoms with E-state index in [-0.39, 0.29) is 11.8 Å². The lowest BCUT2D eigenvalue weighted by Crippen LogP contribution is -2.09. The van der Waals surface area contributed by atoms with Crippen LogP contribution in [0.15, 0.2) is 52.1 Å². The molecule has 0 spiro atoms. The normalized spacial score (nSPS) is 11.0. The SMILES string of the molecule is CC.Fc1cc(C(F)(F)F)c(F)cc1NSc1c[nH]c(-c2ccc(Br)cn2)c1. The lowest BCUT2D eigenvalue weighted by molar-refractivity contribution is -0.140. The van der Waals surface area contributed by atoms with Crippen LogP contribution in [0.3, 0.4) is 0 Å². The maximum Gasteiger partial charge on any atom is 0.419 e. The molecule has 0 fully saturated rings. The minimum Gasteiger partial charge on any atom is -0.359 e. The first-order valence-corrected chi connectivity index (χ1v) is 9.64. The zero-order valence-electron chi connectivity index (χ0n) is 14.7. The van der Waals surface area contributed by atoms with Crippen LogP contribution in [0.5, 0.6) is 0 Å². The number of benzene rings is 1. The molecule has 0 radical (unpaired) electrons. The van der Waals surface area contributed by atoms with Crippen LogP contribution in [0.4, 0.5) is 27.6 Å². The van der Waals surface area contributed by atoms with Crippen LogP contribution in [0.1, 0.15) is 19.4 Å². The van der Waals surface area contributed by atoms with Crippen molar-refractivity contribution in [1.29, 1.82) is 0 Å². The number of hydrogen-bond acceptors (Lipinski definition) is 3. The highest BCUT2D eigenvalue weighted by atomic mass is 79.9. The third kappa shape index (κ3) is 5.48. The Hall–Kier alpha value is -2.07. The number of nitrogens with zero attached hydrogens (tertiary/aromatic N) is 1. The molecule has 0 aliphatic rings. The number of hydrogen-bond donors (Lipinski definition) is 2. The van der Waals surface area contributed by atoms with Gasteiger partial charge >= 0.3 is 6.18 Å². The highest BCUT2D eigenvalue weighted by molar-refractivity contribution is 9.10. The van der Waals surface area contributed by atoms with Crippen molar-refractivity contribution in [2.24, 2.45) is 0 Å². The Morgan fingerprint density at radius 2 is 1.79 bits per heavy atom. The molecule has 0 aliphatic heterocycles. The van der Waals surface area contributed by atoms with Gasteiger partial charge in [0, 0.05) is 27.8 Å². The van der Waals surface area contributed by atoms with Gasteiger partial charge in [0.05, 0.1) is 22.6 Å². The Morgan fingerprint density at radius 1 is 1.07 bits per heavy atom. The molecule has 0 unspecified atom stereocenters. The van der Waals surface area contributed by atoms with Gasteiger partial charge < -0.3 is 9.71 Å². The molecule has 3 nitrogen and oxygen atoms in total. The lowest BCUT2D eigenvalue weighted by atomic mass is 10.2. The van der Waals surface area contributed by atoms with E-state index < -0.39 is 23.4 Å². The van der Waals surface area contributed by atoms with E-state index in [1.54, 1.807) is 24.5 Å². The predicted molar refractivity (Wildman–Crippen MR) is 104 cm³/mol. The van der Waals surface area contributed by atoms with E-state index >= 15 is 0 Å². The van der Waals surface area contributed by atoms with E-state index in [0.717, 1.165) is 16.4 Å². The van der Waals surface area contributed by atoms with E-state index in [9.17, 15) is 22.0 Å². The summed E-state index contributed by atoms with van der Waals surface area (Å²) in [6.45, 7) is 4.00. The van der Waals surface area contributed by atoms with Crippen LogP contribution >= 0.6 is 27.9 Å². The fourth-order valence-corrected chi connectivity index (χ4v) is 2.99. The number of aromatic nitrogens is 2. The zero-order chi connectivity index (χ0) is 20.9. The number of H-pyrrole nitrogens is 1. The van der Waals surface area contributed by atoms with Crippen LogP contribution < -0.4 is 4.72 Å². The molecule has 28 heavy (non-hydrogen) atoms. The molecule has 0 saturated heterocycles. The molecule has 0 amide bonds. The molecule has 150 valence electrons. The second kappa shape index (κ2) is 9.42. The highest BCUT2D eigenvalue weighted by Crippen LogP contribution is 2.35. The average Bonchev–Trinajstić information content (AvgIpc) is 3.12. The zero-order valence-corrected chi connectivity index (χ0v) is 17.1. The van der Waals surface area contributed by atoms with Gasteiger partial charge in [-0.05, 0) is 52.1 Å². The Kier molecular flexibility index (Phi) is 7.48. The smallest absolute Gasteiger partial charge is 0.359 e. The van der Waals surface area contributed by atoms with E-state index in [2.05, 4.69) is 30.6 Å². The van der Waals surface area contributed by atoms with Crippen molar-refractivity contribution in [3.63, 3.8) is 0 Å². The second-order valence-corrected chi connectivity index (χ2v) is 6.92. The van der Waals surface area contributed by atoms with Crippen molar-refractivity contribution in [2.45, 2.75) is 24.9 Å². The summed E-state index contributed by atoms with van der Waals surface area (Å²) in [6.07, 6.45) is -1.72. The molecule has 10 heteroatoms. The topological polar surface area (TPSA) is 40.7 Å². The quantitative estimate of drug-likeness (QED) is 0.305. The van der Waals surface area contributed by atoms with Crippen LogP contribution in [0, 0.1) is 11.6 Å². The van der Waals surface area contributed by atoms with Gasteiger partial charge in [-0.3, -0.25) is 4.98 Å². The van der Waals surface area contributed by atoms with Gasteiger partial charge in [0.15, 0.2) is 0 Å². The van der Waals surface area contributed by atoms with Gasteiger partial charge in [-0.1, -0.05) is 13.8 Å². The van der Waals surface area contributed by atoms with Gasteiger partial charge in [-0.15, -0.1) is 0 Å². The third-order valence-electron chi connectivity index (χ3n) is 3.30. The summed E-state index contributed by atoms with van der Waals surface area (Å²) < 4.78 is 68.4. The summed E-state index contributed by atoms with van der Waals surface area (Å²) >= 11 is 4.20. The molecule has 2 N–H and O–H groups in total. The van der Waals surface area contributed by atoms with Crippen molar-refractivity contribution >= 4 is 33.6 Å². The Bertz CT molecular complexity index is 926. The minimum absolute atomic E-state index is 0.131. The molecule has 0 saturated carbocycles. The molecular formula is C18H15BrF5N3S. The van der Waals surface area contributed by atoms with E-state index in [4.69, 9.17) is 0 Å². The van der Waals surface area contributed by atoms with Gasteiger partial charge in [0.25, 0.3) is 0 Å². The van der Waals surface area contributed by atoms with Crippen molar-refractivity contribution in [2.75, 3.05) is 4.72 Å². The standard InChI is InChI=1S/C16H9BrF5N3S.C2H6/c17-8-1-2-13(23-6-8)15-3-9(7-24-15)26-25-14-5-11(18)10(4-12(14)19)16(20,21)22;1-2/h1-7,24-25H;1-2H3. The van der Waals surface area contributed by atoms with Crippen LogP contribution in [0.2, 0.25) is 0 Å². The summed E-state index contributed by atoms with van der Waals surface area (Å²) in [6, 6.07) is 5.92. The first-order chi connectivity index (χ1) is 13.2. The lowest BCUT2D eigenvalue weighted by Gasteiger charge is -2.11. The fraction of sp³-hybridized carbons (Fsp3) is 0.167. The maximum atomic E-state index is 13.8. The van der Waals surface area contributed by atoms with Crippen LogP contribution in [0.25, 0.3) is 11.4 Å². The monoisotopic (exact) mass is 479 g/mol. The largest absolute Gasteiger partial charge is 0.419 e. The van der Waals surface area contributed by atoms with Gasteiger partial charge in [-0.2, -0.15) is 13.2 Å². The maximum absolute atomic E-state index is 13.8. The predicted octanol–water partition coefficient (Wildman–Crippen LogP) is 7.28. The number of aromatic amines is 1. The van der Waals surface area contributed by atoms with Gasteiger partial charge in [-0.25, -0.2) is 8.78 Å². The molecule has 1 aromatic carbocycles. The van der Waals surface area contributed by atoms with E-state index in [1.807, 2.05) is 19.9 Å². The highest BCUT2D eigenvalue weighted by Gasteiger charge is 2.35. The minimum atomic E-state index is -4.95. The van der Waals surface area contributed by atoms with E-state index in [0.29, 0.717) is 22.3 Å². The molecule has 3 rings (SSSR count). The van der Waals surface area contributed by atoms with Crippen molar-refractivity contribution in [1.82, 2.24) is 9.97 Å². The van der Waals surface area contributed by atoms with Crippen LogP contribution in [-0.2, 0) is 6.18 Å². The molecule has 0 atom stereocenters. The molecule has 2 aromatic heterocycles. The number of pyridine rings is 1. The molecule has 0 aliphatic carbocycles. The third-order valence-corrected chi connectivity index (χ3v) is 4.56. The Morgan fingerprint density at radius 3 is 2.39 bits per heavy atom. The molecule has 0 bridgehead atoms. The first-order valence-electron chi connectivity index (χ1n) is 8.03. The summed E-state index contributed by atoms with van der Waals surface area (Å²) in [4.78, 5) is 7.81. The fourth-order valence-electron chi connectivity index (χ4n) is 2.07. The van der Waals surface area contributed by atoms with Gasteiger partial charge in [0.1, 0.15) is 11.6 Å². The summed E-state index contributed by atoms with van der Waals surface area (Å²) in [5.74, 6) is -2.74. The molecule has 2 heterocycles. The Labute approximate surface area is 171 Å². The molecular weight excluding hydrogens is 465 g/mol. The second-order valence-electron chi connectivity index (χ2n) is 5.12. The number of nitrogens with one attached hydrogen (secondary N) is 2. The van der Waals surface area contributed by atoms with Crippen molar-refractivity contribution in [3.8, 4) is 11.4 Å². The summed E-state index contributed by atoms with van der Waals surface area (Å²) in [5, 5.41) is 0. The summed E-state index contributed by atoms with van der Waals surface area (Å²) in [5.41, 5.74) is -0.659. The average molecular weight is 480 g/mol.